The van der Waals surface area contributed by atoms with Gasteiger partial charge in [-0.05, 0) is 29.7 Å². The first kappa shape index (κ1) is 11.9. The highest BCUT2D eigenvalue weighted by atomic mass is 14.7. The van der Waals surface area contributed by atoms with Crippen LogP contribution in [0, 0.1) is 0 Å². The van der Waals surface area contributed by atoms with Crippen molar-refractivity contribution >= 4 is 10.9 Å². The summed E-state index contributed by atoms with van der Waals surface area (Å²) in [4.78, 5) is 4.57. The van der Waals surface area contributed by atoms with Gasteiger partial charge in [0.2, 0.25) is 0 Å². The van der Waals surface area contributed by atoms with E-state index in [1.165, 1.54) is 11.1 Å². The van der Waals surface area contributed by atoms with Crippen LogP contribution in [0.1, 0.15) is 16.8 Å². The van der Waals surface area contributed by atoms with E-state index in [0.29, 0.717) is 6.54 Å². The normalized spacial score (nSPS) is 10.8. The summed E-state index contributed by atoms with van der Waals surface area (Å²) in [5.41, 5.74) is 10.2. The van der Waals surface area contributed by atoms with Crippen LogP contribution in [-0.2, 0) is 13.0 Å². The first-order chi connectivity index (χ1) is 9.35. The lowest BCUT2D eigenvalue weighted by Gasteiger charge is -2.05. The molecule has 94 valence electrons. The molecule has 0 aliphatic heterocycles. The molecule has 0 radical (unpaired) electrons. The maximum Gasteiger partial charge on any atom is 0.0708 e. The second kappa shape index (κ2) is 5.21. The summed E-state index contributed by atoms with van der Waals surface area (Å²) in [6, 6.07) is 21.0. The van der Waals surface area contributed by atoms with E-state index in [2.05, 4.69) is 53.5 Å². The molecule has 0 atom stereocenters. The zero-order valence-corrected chi connectivity index (χ0v) is 10.7. The third-order valence-corrected chi connectivity index (χ3v) is 3.27. The molecule has 2 N–H and O–H groups in total. The van der Waals surface area contributed by atoms with E-state index in [4.69, 9.17) is 5.73 Å². The number of nitrogens with zero attached hydrogens (tertiary/aromatic N) is 1. The van der Waals surface area contributed by atoms with E-state index in [-0.39, 0.29) is 0 Å². The third kappa shape index (κ3) is 2.64. The Morgan fingerprint density at radius 2 is 1.63 bits per heavy atom. The van der Waals surface area contributed by atoms with Gasteiger partial charge in [-0.15, -0.1) is 0 Å². The van der Waals surface area contributed by atoms with E-state index >= 15 is 0 Å². The summed E-state index contributed by atoms with van der Waals surface area (Å²) in [6.07, 6.45) is 0.936. The van der Waals surface area contributed by atoms with Gasteiger partial charge in [0, 0.05) is 11.9 Å². The minimum Gasteiger partial charge on any atom is -0.325 e. The van der Waals surface area contributed by atoms with Crippen molar-refractivity contribution in [3.63, 3.8) is 0 Å². The van der Waals surface area contributed by atoms with Crippen LogP contribution in [-0.4, -0.2) is 4.98 Å². The van der Waals surface area contributed by atoms with Gasteiger partial charge in [0.25, 0.3) is 0 Å². The van der Waals surface area contributed by atoms with Gasteiger partial charge in [-0.1, -0.05) is 48.5 Å². The van der Waals surface area contributed by atoms with Crippen molar-refractivity contribution in [1.29, 1.82) is 0 Å². The molecule has 1 heterocycles. The van der Waals surface area contributed by atoms with Gasteiger partial charge >= 0.3 is 0 Å². The molecule has 1 aromatic heterocycles. The topological polar surface area (TPSA) is 38.9 Å². The minimum atomic E-state index is 0.485. The number of benzene rings is 2. The van der Waals surface area contributed by atoms with Crippen molar-refractivity contribution in [3.05, 3.63) is 77.5 Å². The van der Waals surface area contributed by atoms with E-state index in [1.807, 2.05) is 12.1 Å². The van der Waals surface area contributed by atoms with Gasteiger partial charge in [0.15, 0.2) is 0 Å². The SMILES string of the molecule is NCc1ccc2ccc(Cc3ccccc3)cc2n1. The van der Waals surface area contributed by atoms with Crippen molar-refractivity contribution in [2.75, 3.05) is 0 Å². The van der Waals surface area contributed by atoms with Crippen LogP contribution in [0.5, 0.6) is 0 Å². The number of fused-ring (bicyclic) bond motifs is 1. The Labute approximate surface area is 112 Å². The molecule has 2 heteroatoms. The molecule has 0 aliphatic rings. The van der Waals surface area contributed by atoms with Crippen molar-refractivity contribution in [2.45, 2.75) is 13.0 Å². The molecule has 2 nitrogen and oxygen atoms in total. The van der Waals surface area contributed by atoms with Crippen LogP contribution in [0.4, 0.5) is 0 Å². The molecule has 0 saturated heterocycles. The highest BCUT2D eigenvalue weighted by Gasteiger charge is 2.00. The zero-order valence-electron chi connectivity index (χ0n) is 10.7. The Morgan fingerprint density at radius 1 is 0.842 bits per heavy atom. The summed E-state index contributed by atoms with van der Waals surface area (Å²) >= 11 is 0. The Hall–Kier alpha value is -2.19. The average Bonchev–Trinajstić information content (AvgIpc) is 2.47. The molecular formula is C17H16N2. The maximum absolute atomic E-state index is 5.64. The molecule has 0 unspecified atom stereocenters. The molecule has 0 bridgehead atoms. The summed E-state index contributed by atoms with van der Waals surface area (Å²) in [5.74, 6) is 0. The lowest BCUT2D eigenvalue weighted by atomic mass is 10.0. The molecule has 3 rings (SSSR count). The second-order valence-electron chi connectivity index (χ2n) is 4.70. The molecular weight excluding hydrogens is 232 g/mol. The van der Waals surface area contributed by atoms with Crippen LogP contribution in [0.25, 0.3) is 10.9 Å². The van der Waals surface area contributed by atoms with Crippen molar-refractivity contribution < 1.29 is 0 Å². The van der Waals surface area contributed by atoms with Crippen molar-refractivity contribution in [3.8, 4) is 0 Å². The van der Waals surface area contributed by atoms with E-state index in [9.17, 15) is 0 Å². The molecule has 0 amide bonds. The van der Waals surface area contributed by atoms with Crippen LogP contribution in [0.15, 0.2) is 60.7 Å². The smallest absolute Gasteiger partial charge is 0.0708 e. The van der Waals surface area contributed by atoms with Gasteiger partial charge in [-0.25, -0.2) is 0 Å². The molecule has 19 heavy (non-hydrogen) atoms. The standard InChI is InChI=1S/C17H16N2/c18-12-16-9-8-15-7-6-14(11-17(15)19-16)10-13-4-2-1-3-5-13/h1-9,11H,10,12,18H2. The Bertz CT molecular complexity index is 690. The second-order valence-corrected chi connectivity index (χ2v) is 4.70. The molecule has 0 fully saturated rings. The lowest BCUT2D eigenvalue weighted by Crippen LogP contribution is -1.99. The zero-order chi connectivity index (χ0) is 13.1. The van der Waals surface area contributed by atoms with Gasteiger partial charge < -0.3 is 5.73 Å². The Morgan fingerprint density at radius 3 is 2.42 bits per heavy atom. The number of pyridine rings is 1. The van der Waals surface area contributed by atoms with Crippen LogP contribution >= 0.6 is 0 Å². The van der Waals surface area contributed by atoms with Crippen molar-refractivity contribution in [1.82, 2.24) is 4.98 Å². The Balaban J connectivity index is 1.96. The van der Waals surface area contributed by atoms with Gasteiger partial charge in [-0.2, -0.15) is 0 Å². The fourth-order valence-corrected chi connectivity index (χ4v) is 2.26. The van der Waals surface area contributed by atoms with Crippen molar-refractivity contribution in [2.24, 2.45) is 5.73 Å². The monoisotopic (exact) mass is 248 g/mol. The fraction of sp³-hybridized carbons (Fsp3) is 0.118. The summed E-state index contributed by atoms with van der Waals surface area (Å²) in [7, 11) is 0. The molecule has 0 spiro atoms. The quantitative estimate of drug-likeness (QED) is 0.772. The number of hydrogen-bond acceptors (Lipinski definition) is 2. The molecule has 3 aromatic rings. The number of aromatic nitrogens is 1. The maximum atomic E-state index is 5.64. The molecule has 0 saturated carbocycles. The van der Waals surface area contributed by atoms with E-state index < -0.39 is 0 Å². The predicted octanol–water partition coefficient (Wildman–Crippen LogP) is 3.28. The first-order valence-electron chi connectivity index (χ1n) is 6.48. The summed E-state index contributed by atoms with van der Waals surface area (Å²) < 4.78 is 0. The van der Waals surface area contributed by atoms with Crippen LogP contribution < -0.4 is 5.73 Å². The molecule has 0 aliphatic carbocycles. The highest BCUT2D eigenvalue weighted by Crippen LogP contribution is 2.17. The number of rotatable bonds is 3. The largest absolute Gasteiger partial charge is 0.325 e. The summed E-state index contributed by atoms with van der Waals surface area (Å²) in [6.45, 7) is 0.485. The van der Waals surface area contributed by atoms with Crippen LogP contribution in [0.3, 0.4) is 0 Å². The predicted molar refractivity (Wildman–Crippen MR) is 78.9 cm³/mol. The summed E-state index contributed by atoms with van der Waals surface area (Å²) in [5, 5.41) is 1.16. The first-order valence-corrected chi connectivity index (χ1v) is 6.48. The lowest BCUT2D eigenvalue weighted by molar-refractivity contribution is 1.01. The number of hydrogen-bond donors (Lipinski definition) is 1. The average molecular weight is 248 g/mol. The third-order valence-electron chi connectivity index (χ3n) is 3.27. The minimum absolute atomic E-state index is 0.485. The van der Waals surface area contributed by atoms with Gasteiger partial charge in [0.1, 0.15) is 0 Å². The molecule has 2 aromatic carbocycles. The number of nitrogens with two attached hydrogens (primary N) is 1. The van der Waals surface area contributed by atoms with E-state index in [1.54, 1.807) is 0 Å². The van der Waals surface area contributed by atoms with Gasteiger partial charge in [-0.3, -0.25) is 4.98 Å². The van der Waals surface area contributed by atoms with E-state index in [0.717, 1.165) is 23.0 Å². The van der Waals surface area contributed by atoms with Crippen LogP contribution in [0.2, 0.25) is 0 Å². The Kier molecular flexibility index (Phi) is 3.25. The fourth-order valence-electron chi connectivity index (χ4n) is 2.26. The van der Waals surface area contributed by atoms with Gasteiger partial charge in [0.05, 0.1) is 11.2 Å². The highest BCUT2D eigenvalue weighted by molar-refractivity contribution is 5.79.